The predicted octanol–water partition coefficient (Wildman–Crippen LogP) is 4.63. The van der Waals surface area contributed by atoms with Crippen molar-refractivity contribution in [1.82, 2.24) is 0 Å². The predicted molar refractivity (Wildman–Crippen MR) is 80.4 cm³/mol. The summed E-state index contributed by atoms with van der Waals surface area (Å²) >= 11 is 5.92. The molecule has 88 valence electrons. The quantitative estimate of drug-likeness (QED) is 0.728. The lowest BCUT2D eigenvalue weighted by atomic mass is 9.81. The zero-order chi connectivity index (χ0) is 11.5. The van der Waals surface area contributed by atoms with Crippen molar-refractivity contribution in [2.24, 2.45) is 11.7 Å². The van der Waals surface area contributed by atoms with E-state index >= 15 is 0 Å². The van der Waals surface area contributed by atoms with Gasteiger partial charge in [-0.3, -0.25) is 0 Å². The van der Waals surface area contributed by atoms with Crippen LogP contribution in [0.1, 0.15) is 43.7 Å². The minimum Gasteiger partial charge on any atom is -0.324 e. The van der Waals surface area contributed by atoms with Gasteiger partial charge in [0.05, 0.1) is 0 Å². The summed E-state index contributed by atoms with van der Waals surface area (Å²) in [6.07, 6.45) is 6.68. The van der Waals surface area contributed by atoms with Crippen molar-refractivity contribution in [2.45, 2.75) is 38.1 Å². The summed E-state index contributed by atoms with van der Waals surface area (Å²) in [5.41, 5.74) is 7.72. The fraction of sp³-hybridized carbons (Fsp3) is 0.538. The molecule has 0 aromatic heterocycles. The van der Waals surface area contributed by atoms with Crippen LogP contribution in [0.4, 0.5) is 0 Å². The zero-order valence-electron chi connectivity index (χ0n) is 9.26. The third-order valence-corrected chi connectivity index (χ3v) is 4.95. The van der Waals surface area contributed by atoms with Crippen LogP contribution in [-0.4, -0.2) is 0 Å². The van der Waals surface area contributed by atoms with Gasteiger partial charge in [-0.2, -0.15) is 0 Å². The molecule has 1 nitrogen and oxygen atoms in total. The van der Waals surface area contributed by atoms with Gasteiger partial charge in [0.15, 0.2) is 0 Å². The Labute approximate surface area is 119 Å². The summed E-state index contributed by atoms with van der Waals surface area (Å²) in [6, 6.07) is 6.62. The molecule has 0 radical (unpaired) electrons. The summed E-state index contributed by atoms with van der Waals surface area (Å²) in [5.74, 6) is 0.677. The number of halogens is 2. The van der Waals surface area contributed by atoms with E-state index in [1.807, 2.05) is 0 Å². The van der Waals surface area contributed by atoms with E-state index in [1.54, 1.807) is 0 Å². The van der Waals surface area contributed by atoms with E-state index in [2.05, 4.69) is 56.7 Å². The average Bonchev–Trinajstić information content (AvgIpc) is 2.32. The van der Waals surface area contributed by atoms with E-state index in [4.69, 9.17) is 5.73 Å². The molecule has 2 rings (SSSR count). The van der Waals surface area contributed by atoms with Crippen molar-refractivity contribution in [3.05, 3.63) is 31.8 Å². The highest BCUT2D eigenvalue weighted by atomic mass is 127. The third kappa shape index (κ3) is 2.99. The monoisotopic (exact) mass is 393 g/mol. The Hall–Kier alpha value is 0.390. The van der Waals surface area contributed by atoms with Gasteiger partial charge in [0.2, 0.25) is 0 Å². The molecule has 0 saturated heterocycles. The lowest BCUT2D eigenvalue weighted by molar-refractivity contribution is 0.307. The standard InChI is InChI=1S/C13H17BrIN/c14-10-6-7-12(15)11(8-10)13(16)9-4-2-1-3-5-9/h6-9,13H,1-5,16H2. The lowest BCUT2D eigenvalue weighted by Crippen LogP contribution is -2.24. The number of benzene rings is 1. The molecular formula is C13H17BrIN. The Balaban J connectivity index is 2.18. The van der Waals surface area contributed by atoms with Gasteiger partial charge in [-0.15, -0.1) is 0 Å². The number of nitrogens with two attached hydrogens (primary N) is 1. The topological polar surface area (TPSA) is 26.0 Å². The van der Waals surface area contributed by atoms with E-state index in [-0.39, 0.29) is 6.04 Å². The highest BCUT2D eigenvalue weighted by Gasteiger charge is 2.23. The first-order chi connectivity index (χ1) is 7.68. The zero-order valence-corrected chi connectivity index (χ0v) is 13.0. The van der Waals surface area contributed by atoms with Crippen LogP contribution in [0.2, 0.25) is 0 Å². The summed E-state index contributed by atoms with van der Waals surface area (Å²) in [4.78, 5) is 0. The van der Waals surface area contributed by atoms with Crippen molar-refractivity contribution in [3.63, 3.8) is 0 Å². The molecule has 0 amide bonds. The SMILES string of the molecule is NC(c1cc(Br)ccc1I)C1CCCCC1. The minimum absolute atomic E-state index is 0.213. The fourth-order valence-electron chi connectivity index (χ4n) is 2.52. The van der Waals surface area contributed by atoms with Crippen LogP contribution in [0, 0.1) is 9.49 Å². The second-order valence-corrected chi connectivity index (χ2v) is 6.67. The third-order valence-electron chi connectivity index (χ3n) is 3.47. The lowest BCUT2D eigenvalue weighted by Gasteiger charge is -2.28. The smallest absolute Gasteiger partial charge is 0.0334 e. The van der Waals surface area contributed by atoms with Gasteiger partial charge in [0, 0.05) is 14.1 Å². The minimum atomic E-state index is 0.213. The molecule has 1 aliphatic rings. The molecule has 16 heavy (non-hydrogen) atoms. The van der Waals surface area contributed by atoms with Crippen molar-refractivity contribution >= 4 is 38.5 Å². The number of hydrogen-bond acceptors (Lipinski definition) is 1. The number of hydrogen-bond donors (Lipinski definition) is 1. The molecule has 0 bridgehead atoms. The molecule has 0 aliphatic heterocycles. The molecule has 1 atom stereocenters. The van der Waals surface area contributed by atoms with E-state index in [9.17, 15) is 0 Å². The highest BCUT2D eigenvalue weighted by Crippen LogP contribution is 2.35. The molecule has 0 heterocycles. The molecule has 1 aliphatic carbocycles. The molecular weight excluding hydrogens is 377 g/mol. The first-order valence-corrected chi connectivity index (χ1v) is 7.76. The summed E-state index contributed by atoms with van der Waals surface area (Å²) in [6.45, 7) is 0. The van der Waals surface area contributed by atoms with Gasteiger partial charge in [0.1, 0.15) is 0 Å². The molecule has 1 fully saturated rings. The van der Waals surface area contributed by atoms with Gasteiger partial charge in [-0.05, 0) is 65.1 Å². The second-order valence-electron chi connectivity index (χ2n) is 4.59. The van der Waals surface area contributed by atoms with E-state index in [0.717, 1.165) is 4.47 Å². The van der Waals surface area contributed by atoms with Crippen LogP contribution in [-0.2, 0) is 0 Å². The van der Waals surface area contributed by atoms with E-state index < -0.39 is 0 Å². The largest absolute Gasteiger partial charge is 0.324 e. The molecule has 1 aromatic carbocycles. The van der Waals surface area contributed by atoms with Crippen molar-refractivity contribution in [1.29, 1.82) is 0 Å². The van der Waals surface area contributed by atoms with Gasteiger partial charge in [0.25, 0.3) is 0 Å². The molecule has 0 spiro atoms. The Kier molecular flexibility index (Phi) is 4.67. The van der Waals surface area contributed by atoms with Crippen molar-refractivity contribution < 1.29 is 0 Å². The molecule has 2 N–H and O–H groups in total. The Morgan fingerprint density at radius 2 is 1.94 bits per heavy atom. The molecule has 1 aromatic rings. The average molecular weight is 394 g/mol. The fourth-order valence-corrected chi connectivity index (χ4v) is 3.59. The first-order valence-electron chi connectivity index (χ1n) is 5.89. The van der Waals surface area contributed by atoms with Crippen LogP contribution >= 0.6 is 38.5 Å². The molecule has 1 saturated carbocycles. The van der Waals surface area contributed by atoms with E-state index in [1.165, 1.54) is 41.2 Å². The van der Waals surface area contributed by atoms with Crippen LogP contribution in [0.3, 0.4) is 0 Å². The van der Waals surface area contributed by atoms with Crippen LogP contribution in [0.25, 0.3) is 0 Å². The summed E-state index contributed by atoms with van der Waals surface area (Å²) < 4.78 is 2.42. The van der Waals surface area contributed by atoms with Crippen LogP contribution < -0.4 is 5.73 Å². The van der Waals surface area contributed by atoms with Crippen LogP contribution in [0.15, 0.2) is 22.7 Å². The normalized spacial score (nSPS) is 19.7. The van der Waals surface area contributed by atoms with Gasteiger partial charge < -0.3 is 5.73 Å². The summed E-state index contributed by atoms with van der Waals surface area (Å²) in [5, 5.41) is 0. The van der Waals surface area contributed by atoms with Gasteiger partial charge >= 0.3 is 0 Å². The Morgan fingerprint density at radius 3 is 2.62 bits per heavy atom. The van der Waals surface area contributed by atoms with Crippen molar-refractivity contribution in [2.75, 3.05) is 0 Å². The van der Waals surface area contributed by atoms with E-state index in [0.29, 0.717) is 5.92 Å². The molecule has 3 heteroatoms. The maximum absolute atomic E-state index is 6.41. The first kappa shape index (κ1) is 12.8. The Morgan fingerprint density at radius 1 is 1.25 bits per heavy atom. The summed E-state index contributed by atoms with van der Waals surface area (Å²) in [7, 11) is 0. The second kappa shape index (κ2) is 5.83. The van der Waals surface area contributed by atoms with Crippen LogP contribution in [0.5, 0.6) is 0 Å². The maximum atomic E-state index is 6.41. The number of rotatable bonds is 2. The van der Waals surface area contributed by atoms with Crippen molar-refractivity contribution in [3.8, 4) is 0 Å². The Bertz CT molecular complexity index is 361. The molecule has 1 unspecified atom stereocenters. The van der Waals surface area contributed by atoms with Gasteiger partial charge in [-0.1, -0.05) is 35.2 Å². The maximum Gasteiger partial charge on any atom is 0.0334 e. The van der Waals surface area contributed by atoms with Gasteiger partial charge in [-0.25, -0.2) is 0 Å². The highest BCUT2D eigenvalue weighted by molar-refractivity contribution is 14.1.